The molecule has 1 aliphatic heterocycles. The van der Waals surface area contributed by atoms with E-state index in [0.717, 1.165) is 5.56 Å². The summed E-state index contributed by atoms with van der Waals surface area (Å²) in [5.74, 6) is -1.47. The van der Waals surface area contributed by atoms with E-state index < -0.39 is 16.8 Å². The monoisotopic (exact) mass is 265 g/mol. The third-order valence-corrected chi connectivity index (χ3v) is 3.40. The summed E-state index contributed by atoms with van der Waals surface area (Å²) in [6.07, 6.45) is 0.688. The minimum atomic E-state index is -0.882. The zero-order chi connectivity index (χ0) is 14.0. The second kappa shape index (κ2) is 5.33. The number of nitro groups is 1. The molecular weight excluding hydrogens is 250 g/mol. The molecule has 1 fully saturated rings. The third kappa shape index (κ3) is 2.56. The molecule has 102 valence electrons. The maximum atomic E-state index is 11.3. The zero-order valence-electron chi connectivity index (χ0n) is 10.4. The highest BCUT2D eigenvalue weighted by molar-refractivity contribution is 5.72. The average molecular weight is 265 g/mol. The molecule has 1 saturated heterocycles. The van der Waals surface area contributed by atoms with Gasteiger partial charge in [0.1, 0.15) is 0 Å². The van der Waals surface area contributed by atoms with E-state index in [9.17, 15) is 20.0 Å². The van der Waals surface area contributed by atoms with Crippen LogP contribution in [0.15, 0.2) is 24.3 Å². The van der Waals surface area contributed by atoms with Gasteiger partial charge in [-0.2, -0.15) is 0 Å². The number of hydrogen-bond donors (Lipinski definition) is 3. The second-order valence-electron chi connectivity index (χ2n) is 4.49. The van der Waals surface area contributed by atoms with Gasteiger partial charge in [0, 0.05) is 18.2 Å². The fraction of sp³-hybridized carbons (Fsp3) is 0.417. The van der Waals surface area contributed by atoms with Crippen molar-refractivity contribution >= 4 is 11.7 Å². The molecule has 1 aliphatic rings. The van der Waals surface area contributed by atoms with Gasteiger partial charge in [-0.15, -0.1) is 0 Å². The Morgan fingerprint density at radius 2 is 2.00 bits per heavy atom. The molecule has 0 saturated carbocycles. The van der Waals surface area contributed by atoms with E-state index in [4.69, 9.17) is 0 Å². The highest BCUT2D eigenvalue weighted by Crippen LogP contribution is 2.31. The lowest BCUT2D eigenvalue weighted by Crippen LogP contribution is -2.33. The summed E-state index contributed by atoms with van der Waals surface area (Å²) >= 11 is 0. The molecule has 0 spiro atoms. The second-order valence-corrected chi connectivity index (χ2v) is 4.49. The molecule has 0 radical (unpaired) electrons. The number of carboxylic acids is 1. The summed E-state index contributed by atoms with van der Waals surface area (Å²) in [6, 6.07) is 5.40. The molecule has 3 atom stereocenters. The van der Waals surface area contributed by atoms with Gasteiger partial charge in [-0.25, -0.2) is 5.43 Å². The fourth-order valence-electron chi connectivity index (χ4n) is 2.37. The maximum Gasteiger partial charge on any atom is 0.310 e. The Bertz CT molecular complexity index is 488. The van der Waals surface area contributed by atoms with Crippen LogP contribution in [-0.2, 0) is 4.79 Å². The van der Waals surface area contributed by atoms with Gasteiger partial charge in [-0.1, -0.05) is 19.1 Å². The molecule has 19 heavy (non-hydrogen) atoms. The van der Waals surface area contributed by atoms with Crippen molar-refractivity contribution in [3.63, 3.8) is 0 Å². The van der Waals surface area contributed by atoms with Crippen molar-refractivity contribution in [1.82, 2.24) is 10.9 Å². The van der Waals surface area contributed by atoms with Crippen molar-refractivity contribution < 1.29 is 14.8 Å². The molecule has 0 aliphatic carbocycles. The molecule has 0 bridgehead atoms. The molecule has 3 N–H and O–H groups in total. The standard InChI is InChI=1S/C12H15N3O4/c1-2-9-10(12(16)17)11(14-13-9)7-3-5-8(6-4-7)15(18)19/h3-6,9-11,13-14H,2H2,1H3,(H,16,17). The van der Waals surface area contributed by atoms with Gasteiger partial charge < -0.3 is 5.11 Å². The summed E-state index contributed by atoms with van der Waals surface area (Å²) in [7, 11) is 0. The molecule has 1 aromatic rings. The van der Waals surface area contributed by atoms with Crippen molar-refractivity contribution in [2.24, 2.45) is 5.92 Å². The molecule has 1 heterocycles. The van der Waals surface area contributed by atoms with Crippen LogP contribution in [-0.4, -0.2) is 22.0 Å². The van der Waals surface area contributed by atoms with Crippen molar-refractivity contribution in [3.05, 3.63) is 39.9 Å². The minimum absolute atomic E-state index is 0.00590. The number of carboxylic acid groups (broad SMARTS) is 1. The topological polar surface area (TPSA) is 105 Å². The van der Waals surface area contributed by atoms with E-state index in [-0.39, 0.29) is 17.8 Å². The Balaban J connectivity index is 2.25. The third-order valence-electron chi connectivity index (χ3n) is 3.40. The van der Waals surface area contributed by atoms with Crippen molar-refractivity contribution in [2.75, 3.05) is 0 Å². The summed E-state index contributed by atoms with van der Waals surface area (Å²) < 4.78 is 0. The van der Waals surface area contributed by atoms with E-state index in [1.54, 1.807) is 12.1 Å². The van der Waals surface area contributed by atoms with Gasteiger partial charge in [0.2, 0.25) is 0 Å². The van der Waals surface area contributed by atoms with Crippen LogP contribution in [0.5, 0.6) is 0 Å². The summed E-state index contributed by atoms with van der Waals surface area (Å²) in [5, 5.41) is 19.9. The first-order valence-electron chi connectivity index (χ1n) is 6.02. The first-order valence-corrected chi connectivity index (χ1v) is 6.02. The number of hydrogen-bond acceptors (Lipinski definition) is 5. The summed E-state index contributed by atoms with van der Waals surface area (Å²) in [6.45, 7) is 1.91. The molecule has 2 rings (SSSR count). The number of aliphatic carboxylic acids is 1. The number of nitrogens with zero attached hydrogens (tertiary/aromatic N) is 1. The van der Waals surface area contributed by atoms with Crippen LogP contribution in [0, 0.1) is 16.0 Å². The lowest BCUT2D eigenvalue weighted by atomic mass is 9.88. The van der Waals surface area contributed by atoms with Gasteiger partial charge >= 0.3 is 5.97 Å². The Hall–Kier alpha value is -1.99. The van der Waals surface area contributed by atoms with Gasteiger partial charge in [0.25, 0.3) is 5.69 Å². The highest BCUT2D eigenvalue weighted by atomic mass is 16.6. The molecular formula is C12H15N3O4. The smallest absolute Gasteiger partial charge is 0.310 e. The SMILES string of the molecule is CCC1NNC(c2ccc([N+](=O)[O-])cc2)C1C(=O)O. The van der Waals surface area contributed by atoms with Crippen molar-refractivity contribution in [2.45, 2.75) is 25.4 Å². The average Bonchev–Trinajstić information content (AvgIpc) is 2.82. The van der Waals surface area contributed by atoms with Gasteiger partial charge in [-0.3, -0.25) is 20.3 Å². The Morgan fingerprint density at radius 3 is 2.47 bits per heavy atom. The molecule has 7 nitrogen and oxygen atoms in total. The number of non-ortho nitro benzene ring substituents is 1. The Labute approximate surface area is 109 Å². The zero-order valence-corrected chi connectivity index (χ0v) is 10.4. The van der Waals surface area contributed by atoms with Crippen LogP contribution >= 0.6 is 0 Å². The van der Waals surface area contributed by atoms with Crippen molar-refractivity contribution in [3.8, 4) is 0 Å². The first-order chi connectivity index (χ1) is 9.04. The highest BCUT2D eigenvalue weighted by Gasteiger charge is 2.40. The molecule has 3 unspecified atom stereocenters. The number of carbonyl (C=O) groups is 1. The number of nitrogens with one attached hydrogen (secondary N) is 2. The van der Waals surface area contributed by atoms with Crippen molar-refractivity contribution in [1.29, 1.82) is 0 Å². The molecule has 1 aromatic carbocycles. The van der Waals surface area contributed by atoms with Gasteiger partial charge in [-0.05, 0) is 12.0 Å². The Morgan fingerprint density at radius 1 is 1.37 bits per heavy atom. The fourth-order valence-corrected chi connectivity index (χ4v) is 2.37. The largest absolute Gasteiger partial charge is 0.481 e. The van der Waals surface area contributed by atoms with Crippen LogP contribution < -0.4 is 10.9 Å². The van der Waals surface area contributed by atoms with Gasteiger partial charge in [0.05, 0.1) is 16.9 Å². The van der Waals surface area contributed by atoms with Gasteiger partial charge in [0.15, 0.2) is 0 Å². The maximum absolute atomic E-state index is 11.3. The molecule has 0 aromatic heterocycles. The number of benzene rings is 1. The number of hydrazine groups is 1. The first kappa shape index (κ1) is 13.4. The Kier molecular flexibility index (Phi) is 3.77. The number of nitro benzene ring substituents is 1. The predicted octanol–water partition coefficient (Wildman–Crippen LogP) is 1.22. The molecule has 7 heteroatoms. The normalized spacial score (nSPS) is 26.3. The summed E-state index contributed by atoms with van der Waals surface area (Å²) in [4.78, 5) is 21.5. The van der Waals surface area contributed by atoms with Crippen LogP contribution in [0.3, 0.4) is 0 Å². The van der Waals surface area contributed by atoms with E-state index in [2.05, 4.69) is 10.9 Å². The number of rotatable bonds is 4. The van der Waals surface area contributed by atoms with Crippen LogP contribution in [0.1, 0.15) is 24.9 Å². The quantitative estimate of drug-likeness (QED) is 0.558. The van der Waals surface area contributed by atoms with E-state index in [1.807, 2.05) is 6.92 Å². The summed E-state index contributed by atoms with van der Waals surface area (Å²) in [5.41, 5.74) is 6.63. The van der Waals surface area contributed by atoms with Crippen LogP contribution in [0.25, 0.3) is 0 Å². The van der Waals surface area contributed by atoms with E-state index in [1.165, 1.54) is 12.1 Å². The minimum Gasteiger partial charge on any atom is -0.481 e. The van der Waals surface area contributed by atoms with Crippen LogP contribution in [0.4, 0.5) is 5.69 Å². The molecule has 0 amide bonds. The predicted molar refractivity (Wildman–Crippen MR) is 67.3 cm³/mol. The van der Waals surface area contributed by atoms with E-state index in [0.29, 0.717) is 6.42 Å². The lowest BCUT2D eigenvalue weighted by molar-refractivity contribution is -0.384. The lowest BCUT2D eigenvalue weighted by Gasteiger charge is -2.18. The van der Waals surface area contributed by atoms with Crippen LogP contribution in [0.2, 0.25) is 0 Å². The van der Waals surface area contributed by atoms with E-state index >= 15 is 0 Å².